The van der Waals surface area contributed by atoms with Gasteiger partial charge in [0.15, 0.2) is 9.84 Å². The Balaban J connectivity index is 1.86. The maximum atomic E-state index is 12.5. The predicted octanol–water partition coefficient (Wildman–Crippen LogP) is 1.13. The van der Waals surface area contributed by atoms with Crippen molar-refractivity contribution in [2.24, 2.45) is 0 Å². The molecule has 1 atom stereocenters. The van der Waals surface area contributed by atoms with E-state index in [2.05, 4.69) is 9.97 Å². The minimum Gasteiger partial charge on any atom is -0.342 e. The molecule has 1 amide bonds. The van der Waals surface area contributed by atoms with Crippen LogP contribution in [0, 0.1) is 6.92 Å². The van der Waals surface area contributed by atoms with E-state index in [-0.39, 0.29) is 23.5 Å². The van der Waals surface area contributed by atoms with Crippen LogP contribution in [0.25, 0.3) is 11.0 Å². The lowest BCUT2D eigenvalue weighted by atomic mass is 10.1. The zero-order valence-corrected chi connectivity index (χ0v) is 12.8. The second-order valence-electron chi connectivity index (χ2n) is 5.53. The number of fused-ring (bicyclic) bond motifs is 1. The summed E-state index contributed by atoms with van der Waals surface area (Å²) in [6.45, 7) is 1.86. The summed E-state index contributed by atoms with van der Waals surface area (Å²) in [5.41, 5.74) is 2.17. The highest BCUT2D eigenvalue weighted by Crippen LogP contribution is 2.20. The molecule has 3 rings (SSSR count). The van der Waals surface area contributed by atoms with E-state index in [1.165, 1.54) is 4.90 Å². The Morgan fingerprint density at radius 1 is 1.43 bits per heavy atom. The van der Waals surface area contributed by atoms with Crippen LogP contribution in [0.2, 0.25) is 0 Å². The van der Waals surface area contributed by atoms with Crippen LogP contribution in [0.15, 0.2) is 18.2 Å². The van der Waals surface area contributed by atoms with Crippen molar-refractivity contribution in [3.8, 4) is 0 Å². The van der Waals surface area contributed by atoms with E-state index < -0.39 is 9.84 Å². The zero-order chi connectivity index (χ0) is 15.2. The van der Waals surface area contributed by atoms with Crippen LogP contribution in [-0.4, -0.2) is 53.8 Å². The number of hydrogen-bond donors (Lipinski definition) is 1. The Morgan fingerprint density at radius 2 is 2.19 bits per heavy atom. The summed E-state index contributed by atoms with van der Waals surface area (Å²) in [5, 5.41) is 0. The average Bonchev–Trinajstić information content (AvgIpc) is 2.97. The predicted molar refractivity (Wildman–Crippen MR) is 80.0 cm³/mol. The van der Waals surface area contributed by atoms with Gasteiger partial charge in [-0.1, -0.05) is 0 Å². The van der Waals surface area contributed by atoms with Crippen LogP contribution in [0.5, 0.6) is 0 Å². The van der Waals surface area contributed by atoms with Crippen LogP contribution < -0.4 is 0 Å². The number of carbonyl (C=O) groups is 1. The number of aromatic amines is 1. The summed E-state index contributed by atoms with van der Waals surface area (Å²) >= 11 is 0. The maximum Gasteiger partial charge on any atom is 0.253 e. The topological polar surface area (TPSA) is 83.1 Å². The number of H-pyrrole nitrogens is 1. The Labute approximate surface area is 123 Å². The summed E-state index contributed by atoms with van der Waals surface area (Å²) in [6, 6.07) is 5.05. The molecule has 1 unspecified atom stereocenters. The minimum atomic E-state index is -3.00. The summed E-state index contributed by atoms with van der Waals surface area (Å²) < 4.78 is 23.1. The summed E-state index contributed by atoms with van der Waals surface area (Å²) in [4.78, 5) is 21.4. The Morgan fingerprint density at radius 3 is 2.86 bits per heavy atom. The fraction of sp³-hybridized carbons (Fsp3) is 0.429. The summed E-state index contributed by atoms with van der Waals surface area (Å²) in [6.07, 6.45) is 0.510. The van der Waals surface area contributed by atoms with Gasteiger partial charge >= 0.3 is 0 Å². The third-order valence-electron chi connectivity index (χ3n) is 3.92. The molecule has 2 heterocycles. The molecule has 1 aliphatic heterocycles. The number of aryl methyl sites for hydroxylation is 1. The van der Waals surface area contributed by atoms with Crippen molar-refractivity contribution in [3.05, 3.63) is 29.6 Å². The van der Waals surface area contributed by atoms with Crippen molar-refractivity contribution in [2.45, 2.75) is 19.4 Å². The number of rotatable bonds is 2. The molecular formula is C14H17N3O3S. The first-order valence-electron chi connectivity index (χ1n) is 6.80. The fourth-order valence-corrected chi connectivity index (χ4v) is 4.49. The van der Waals surface area contributed by atoms with Crippen LogP contribution in [0.4, 0.5) is 0 Å². The van der Waals surface area contributed by atoms with Gasteiger partial charge in [0.25, 0.3) is 5.91 Å². The van der Waals surface area contributed by atoms with Gasteiger partial charge in [0.2, 0.25) is 0 Å². The Kier molecular flexibility index (Phi) is 3.24. The molecule has 1 aliphatic rings. The van der Waals surface area contributed by atoms with E-state index in [1.54, 1.807) is 25.2 Å². The van der Waals surface area contributed by atoms with Crippen molar-refractivity contribution in [1.82, 2.24) is 14.9 Å². The van der Waals surface area contributed by atoms with Crippen molar-refractivity contribution < 1.29 is 13.2 Å². The molecule has 1 saturated heterocycles. The zero-order valence-electron chi connectivity index (χ0n) is 12.0. The fourth-order valence-electron chi connectivity index (χ4n) is 2.72. The minimum absolute atomic E-state index is 0.0562. The molecule has 21 heavy (non-hydrogen) atoms. The van der Waals surface area contributed by atoms with Crippen LogP contribution in [0.1, 0.15) is 22.6 Å². The van der Waals surface area contributed by atoms with Gasteiger partial charge in [-0.15, -0.1) is 0 Å². The van der Waals surface area contributed by atoms with E-state index >= 15 is 0 Å². The van der Waals surface area contributed by atoms with E-state index in [9.17, 15) is 13.2 Å². The number of nitrogens with one attached hydrogen (secondary N) is 1. The summed E-state index contributed by atoms with van der Waals surface area (Å²) in [7, 11) is -1.33. The molecule has 1 fully saturated rings. The molecule has 0 radical (unpaired) electrons. The number of imidazole rings is 1. The lowest BCUT2D eigenvalue weighted by molar-refractivity contribution is 0.0748. The lowest BCUT2D eigenvalue weighted by Gasteiger charge is -2.23. The van der Waals surface area contributed by atoms with Gasteiger partial charge in [-0.05, 0) is 31.5 Å². The van der Waals surface area contributed by atoms with Gasteiger partial charge in [0, 0.05) is 18.7 Å². The summed E-state index contributed by atoms with van der Waals surface area (Å²) in [5.74, 6) is 0.852. The Hall–Kier alpha value is -1.89. The molecule has 2 aromatic rings. The molecule has 7 heteroatoms. The second-order valence-corrected chi connectivity index (χ2v) is 7.76. The number of aromatic nitrogens is 2. The van der Waals surface area contributed by atoms with Crippen LogP contribution >= 0.6 is 0 Å². The highest BCUT2D eigenvalue weighted by molar-refractivity contribution is 7.91. The molecule has 0 saturated carbocycles. The number of benzene rings is 1. The molecule has 0 spiro atoms. The van der Waals surface area contributed by atoms with Gasteiger partial charge in [-0.3, -0.25) is 4.79 Å². The molecular weight excluding hydrogens is 290 g/mol. The van der Waals surface area contributed by atoms with Gasteiger partial charge in [0.1, 0.15) is 5.82 Å². The van der Waals surface area contributed by atoms with Crippen molar-refractivity contribution in [3.63, 3.8) is 0 Å². The second kappa shape index (κ2) is 4.84. The standard InChI is InChI=1S/C14H17N3O3S/c1-9-15-12-4-3-10(7-13(12)16-9)14(18)17(2)11-5-6-21(19,20)8-11/h3-4,7,11H,5-6,8H2,1-2H3,(H,15,16). The number of amides is 1. The molecule has 0 aliphatic carbocycles. The average molecular weight is 307 g/mol. The van der Waals surface area contributed by atoms with Gasteiger partial charge in [0.05, 0.1) is 22.5 Å². The highest BCUT2D eigenvalue weighted by atomic mass is 32.2. The van der Waals surface area contributed by atoms with E-state index in [0.717, 1.165) is 16.9 Å². The number of hydrogen-bond acceptors (Lipinski definition) is 4. The normalized spacial score (nSPS) is 20.8. The third-order valence-corrected chi connectivity index (χ3v) is 5.67. The van der Waals surface area contributed by atoms with E-state index in [1.807, 2.05) is 6.92 Å². The lowest BCUT2D eigenvalue weighted by Crippen LogP contribution is -2.37. The van der Waals surface area contributed by atoms with Gasteiger partial charge in [-0.2, -0.15) is 0 Å². The Bertz CT molecular complexity index is 810. The first kappa shape index (κ1) is 14.1. The first-order chi connectivity index (χ1) is 9.85. The maximum absolute atomic E-state index is 12.5. The van der Waals surface area contributed by atoms with E-state index in [0.29, 0.717) is 12.0 Å². The third kappa shape index (κ3) is 2.65. The van der Waals surface area contributed by atoms with Gasteiger partial charge in [-0.25, -0.2) is 13.4 Å². The molecule has 1 aromatic carbocycles. The number of sulfone groups is 1. The number of carbonyl (C=O) groups excluding carboxylic acids is 1. The number of nitrogens with zero attached hydrogens (tertiary/aromatic N) is 2. The highest BCUT2D eigenvalue weighted by Gasteiger charge is 2.33. The first-order valence-corrected chi connectivity index (χ1v) is 8.62. The molecule has 112 valence electrons. The van der Waals surface area contributed by atoms with Crippen LogP contribution in [0.3, 0.4) is 0 Å². The van der Waals surface area contributed by atoms with Gasteiger partial charge < -0.3 is 9.88 Å². The molecule has 0 bridgehead atoms. The van der Waals surface area contributed by atoms with Crippen molar-refractivity contribution in [2.75, 3.05) is 18.6 Å². The van der Waals surface area contributed by atoms with Crippen molar-refractivity contribution >= 4 is 26.8 Å². The van der Waals surface area contributed by atoms with E-state index in [4.69, 9.17) is 0 Å². The monoisotopic (exact) mass is 307 g/mol. The smallest absolute Gasteiger partial charge is 0.253 e. The van der Waals surface area contributed by atoms with Crippen LogP contribution in [-0.2, 0) is 9.84 Å². The molecule has 1 aromatic heterocycles. The molecule has 1 N–H and O–H groups in total. The van der Waals surface area contributed by atoms with Crippen molar-refractivity contribution in [1.29, 1.82) is 0 Å². The molecule has 6 nitrogen and oxygen atoms in total. The SMILES string of the molecule is Cc1nc2ccc(C(=O)N(C)C3CCS(=O)(=O)C3)cc2[nH]1. The quantitative estimate of drug-likeness (QED) is 0.901. The largest absolute Gasteiger partial charge is 0.342 e.